The maximum absolute atomic E-state index is 11.1. The number of carbonyl (C=O) groups excluding carboxylic acids is 1. The van der Waals surface area contributed by atoms with Gasteiger partial charge in [0.25, 0.3) is 0 Å². The summed E-state index contributed by atoms with van der Waals surface area (Å²) < 4.78 is 0. The molecule has 80 valence electrons. The normalized spacial score (nSPS) is 17.2. The number of nitrogens with one attached hydrogen (secondary N) is 2. The summed E-state index contributed by atoms with van der Waals surface area (Å²) in [5, 5.41) is 13.5. The van der Waals surface area contributed by atoms with Crippen molar-refractivity contribution in [2.24, 2.45) is 5.92 Å². The Bertz CT molecular complexity index is 226. The lowest BCUT2D eigenvalue weighted by molar-refractivity contribution is -0.138. The zero-order valence-electron chi connectivity index (χ0n) is 8.25. The molecule has 1 unspecified atom stereocenters. The molecule has 5 nitrogen and oxygen atoms in total. The third kappa shape index (κ3) is 4.11. The number of rotatable bonds is 5. The van der Waals surface area contributed by atoms with Gasteiger partial charge in [-0.05, 0) is 19.3 Å². The van der Waals surface area contributed by atoms with Crippen LogP contribution in [-0.2, 0) is 4.79 Å². The highest BCUT2D eigenvalue weighted by Gasteiger charge is 2.21. The van der Waals surface area contributed by atoms with E-state index in [4.69, 9.17) is 5.11 Å². The first kappa shape index (κ1) is 10.8. The number of hydrogen-bond acceptors (Lipinski definition) is 2. The van der Waals surface area contributed by atoms with Crippen molar-refractivity contribution in [2.45, 2.75) is 32.2 Å². The fourth-order valence-corrected chi connectivity index (χ4v) is 1.11. The van der Waals surface area contributed by atoms with Gasteiger partial charge in [-0.15, -0.1) is 0 Å². The summed E-state index contributed by atoms with van der Waals surface area (Å²) in [4.78, 5) is 21.5. The van der Waals surface area contributed by atoms with E-state index in [9.17, 15) is 9.59 Å². The molecular weight excluding hydrogens is 184 g/mol. The van der Waals surface area contributed by atoms with Crippen LogP contribution in [0.1, 0.15) is 26.2 Å². The second-order valence-electron chi connectivity index (χ2n) is 3.69. The van der Waals surface area contributed by atoms with Crippen LogP contribution in [0.3, 0.4) is 0 Å². The average molecular weight is 200 g/mol. The van der Waals surface area contributed by atoms with Crippen molar-refractivity contribution in [2.75, 3.05) is 6.54 Å². The Balaban J connectivity index is 2.05. The van der Waals surface area contributed by atoms with E-state index in [0.29, 0.717) is 6.54 Å². The Morgan fingerprint density at radius 2 is 2.14 bits per heavy atom. The third-order valence-electron chi connectivity index (χ3n) is 2.25. The minimum absolute atomic E-state index is 0.402. The number of aliphatic carboxylic acids is 1. The first-order valence-corrected chi connectivity index (χ1v) is 4.86. The van der Waals surface area contributed by atoms with E-state index in [0.717, 1.165) is 12.3 Å². The average Bonchev–Trinajstić information content (AvgIpc) is 2.87. The first-order chi connectivity index (χ1) is 6.59. The number of hydrogen-bond donors (Lipinski definition) is 3. The van der Waals surface area contributed by atoms with Gasteiger partial charge < -0.3 is 15.7 Å². The van der Waals surface area contributed by atoms with Gasteiger partial charge in [0.05, 0.1) is 0 Å². The summed E-state index contributed by atoms with van der Waals surface area (Å²) in [7, 11) is 0. The molecule has 0 aromatic carbocycles. The molecule has 1 fully saturated rings. The maximum atomic E-state index is 11.1. The molecule has 0 aromatic rings. The predicted molar refractivity (Wildman–Crippen MR) is 51.0 cm³/mol. The summed E-state index contributed by atoms with van der Waals surface area (Å²) in [5.41, 5.74) is 0. The zero-order valence-corrected chi connectivity index (χ0v) is 8.25. The fraction of sp³-hybridized carbons (Fsp3) is 0.778. The molecule has 0 spiro atoms. The molecule has 2 amide bonds. The van der Waals surface area contributed by atoms with Crippen LogP contribution in [0.4, 0.5) is 4.79 Å². The van der Waals surface area contributed by atoms with Crippen LogP contribution in [0.25, 0.3) is 0 Å². The molecule has 0 saturated heterocycles. The molecule has 1 aliphatic rings. The van der Waals surface area contributed by atoms with Gasteiger partial charge in [0.2, 0.25) is 0 Å². The van der Waals surface area contributed by atoms with Gasteiger partial charge in [-0.1, -0.05) is 12.8 Å². The van der Waals surface area contributed by atoms with Crippen LogP contribution in [0.5, 0.6) is 0 Å². The van der Waals surface area contributed by atoms with Crippen LogP contribution in [0.2, 0.25) is 0 Å². The fourth-order valence-electron chi connectivity index (χ4n) is 1.11. The standard InChI is InChI=1S/C9H16N2O3/c1-6(8(12)13)11-9(14)10-5-4-7-2-3-7/h6-7H,2-5H2,1H3,(H,12,13)(H2,10,11,14). The van der Waals surface area contributed by atoms with Crippen LogP contribution < -0.4 is 10.6 Å². The van der Waals surface area contributed by atoms with Gasteiger partial charge >= 0.3 is 12.0 Å². The number of carbonyl (C=O) groups is 2. The molecule has 1 saturated carbocycles. The first-order valence-electron chi connectivity index (χ1n) is 4.86. The summed E-state index contributed by atoms with van der Waals surface area (Å²) in [6, 6.07) is -1.24. The SMILES string of the molecule is CC(NC(=O)NCCC1CC1)C(=O)O. The second-order valence-corrected chi connectivity index (χ2v) is 3.69. The van der Waals surface area contributed by atoms with Gasteiger partial charge in [0.1, 0.15) is 6.04 Å². The molecule has 0 heterocycles. The minimum atomic E-state index is -1.03. The molecule has 0 bridgehead atoms. The van der Waals surface area contributed by atoms with Gasteiger partial charge in [-0.2, -0.15) is 0 Å². The molecular formula is C9H16N2O3. The Labute approximate surface area is 82.9 Å². The van der Waals surface area contributed by atoms with Crippen LogP contribution in [0, 0.1) is 5.92 Å². The highest BCUT2D eigenvalue weighted by atomic mass is 16.4. The molecule has 0 aromatic heterocycles. The molecule has 1 atom stereocenters. The maximum Gasteiger partial charge on any atom is 0.325 e. The summed E-state index contributed by atoms with van der Waals surface area (Å²) in [6.07, 6.45) is 3.51. The van der Waals surface area contributed by atoms with E-state index < -0.39 is 18.0 Å². The van der Waals surface area contributed by atoms with Crippen molar-refractivity contribution in [1.82, 2.24) is 10.6 Å². The number of amides is 2. The Kier molecular flexibility index (Phi) is 3.73. The lowest BCUT2D eigenvalue weighted by Crippen LogP contribution is -2.44. The lowest BCUT2D eigenvalue weighted by atomic mass is 10.3. The predicted octanol–water partition coefficient (Wildman–Crippen LogP) is 0.559. The smallest absolute Gasteiger partial charge is 0.325 e. The van der Waals surface area contributed by atoms with Gasteiger partial charge in [0, 0.05) is 6.54 Å². The molecule has 3 N–H and O–H groups in total. The molecule has 5 heteroatoms. The van der Waals surface area contributed by atoms with Gasteiger partial charge in [0.15, 0.2) is 0 Å². The minimum Gasteiger partial charge on any atom is -0.480 e. The van der Waals surface area contributed by atoms with E-state index in [2.05, 4.69) is 10.6 Å². The highest BCUT2D eigenvalue weighted by molar-refractivity contribution is 5.82. The van der Waals surface area contributed by atoms with E-state index in [1.54, 1.807) is 0 Å². The van der Waals surface area contributed by atoms with Crippen molar-refractivity contribution in [3.8, 4) is 0 Å². The molecule has 1 rings (SSSR count). The topological polar surface area (TPSA) is 78.4 Å². The molecule has 0 radical (unpaired) electrons. The lowest BCUT2D eigenvalue weighted by Gasteiger charge is -2.10. The summed E-state index contributed by atoms with van der Waals surface area (Å²) >= 11 is 0. The third-order valence-corrected chi connectivity index (χ3v) is 2.25. The number of urea groups is 1. The second kappa shape index (κ2) is 4.83. The van der Waals surface area contributed by atoms with E-state index in [-0.39, 0.29) is 0 Å². The van der Waals surface area contributed by atoms with Crippen LogP contribution in [0.15, 0.2) is 0 Å². The molecule has 14 heavy (non-hydrogen) atoms. The Morgan fingerprint density at radius 3 is 2.64 bits per heavy atom. The highest BCUT2D eigenvalue weighted by Crippen LogP contribution is 2.31. The number of carboxylic acids is 1. The van der Waals surface area contributed by atoms with Crippen molar-refractivity contribution in [3.05, 3.63) is 0 Å². The van der Waals surface area contributed by atoms with E-state index in [1.807, 2.05) is 0 Å². The number of carboxylic acid groups (broad SMARTS) is 1. The Morgan fingerprint density at radius 1 is 1.50 bits per heavy atom. The Hall–Kier alpha value is -1.26. The van der Waals surface area contributed by atoms with Crippen LogP contribution >= 0.6 is 0 Å². The van der Waals surface area contributed by atoms with Gasteiger partial charge in [-0.25, -0.2) is 4.79 Å². The monoisotopic (exact) mass is 200 g/mol. The van der Waals surface area contributed by atoms with Crippen molar-refractivity contribution < 1.29 is 14.7 Å². The molecule has 0 aliphatic heterocycles. The molecule has 1 aliphatic carbocycles. The van der Waals surface area contributed by atoms with Crippen LogP contribution in [-0.4, -0.2) is 29.7 Å². The van der Waals surface area contributed by atoms with Crippen molar-refractivity contribution >= 4 is 12.0 Å². The summed E-state index contributed by atoms with van der Waals surface area (Å²) in [6.45, 7) is 2.06. The largest absolute Gasteiger partial charge is 0.480 e. The van der Waals surface area contributed by atoms with Crippen molar-refractivity contribution in [3.63, 3.8) is 0 Å². The van der Waals surface area contributed by atoms with E-state index in [1.165, 1.54) is 19.8 Å². The quantitative estimate of drug-likeness (QED) is 0.606. The summed E-state index contributed by atoms with van der Waals surface area (Å²) in [5.74, 6) is -0.255. The van der Waals surface area contributed by atoms with Crippen molar-refractivity contribution in [1.29, 1.82) is 0 Å². The van der Waals surface area contributed by atoms with Gasteiger partial charge in [-0.3, -0.25) is 4.79 Å². The van der Waals surface area contributed by atoms with E-state index >= 15 is 0 Å². The zero-order chi connectivity index (χ0) is 10.6.